The Morgan fingerprint density at radius 3 is 2.81 bits per heavy atom. The van der Waals surface area contributed by atoms with Crippen molar-refractivity contribution in [3.05, 3.63) is 39.8 Å². The third-order valence-electron chi connectivity index (χ3n) is 2.08. The van der Waals surface area contributed by atoms with Crippen molar-refractivity contribution in [1.82, 2.24) is 4.98 Å². The molecular weight excluding hydrogens is 313 g/mol. The van der Waals surface area contributed by atoms with Crippen molar-refractivity contribution in [1.29, 1.82) is 0 Å². The van der Waals surface area contributed by atoms with E-state index >= 15 is 0 Å². The maximum atomic E-state index is 6.15. The highest BCUT2D eigenvalue weighted by Crippen LogP contribution is 2.34. The van der Waals surface area contributed by atoms with E-state index in [-0.39, 0.29) is 5.38 Å². The fourth-order valence-corrected chi connectivity index (χ4v) is 1.98. The predicted octanol–water partition coefficient (Wildman–Crippen LogP) is 5.06. The molecule has 16 heavy (non-hydrogen) atoms. The molecule has 1 atom stereocenters. The number of hydrogen-bond acceptors (Lipinski definition) is 2. The zero-order valence-corrected chi connectivity index (χ0v) is 11.5. The monoisotopic (exact) mass is 319 g/mol. The van der Waals surface area contributed by atoms with Gasteiger partial charge < -0.3 is 4.42 Å². The molecule has 1 aromatic carbocycles. The third kappa shape index (κ3) is 2.26. The molecule has 0 saturated heterocycles. The van der Waals surface area contributed by atoms with Gasteiger partial charge in [-0.2, -0.15) is 0 Å². The van der Waals surface area contributed by atoms with Gasteiger partial charge in [-0.25, -0.2) is 4.98 Å². The number of nitrogens with zero attached hydrogens (tertiary/aromatic N) is 1. The minimum atomic E-state index is -0.250. The van der Waals surface area contributed by atoms with E-state index in [9.17, 15) is 0 Å². The number of halogens is 3. The van der Waals surface area contributed by atoms with Gasteiger partial charge in [-0.15, -0.1) is 11.6 Å². The number of rotatable bonds is 2. The predicted molar refractivity (Wildman–Crippen MR) is 68.9 cm³/mol. The highest BCUT2D eigenvalue weighted by atomic mass is 79.9. The van der Waals surface area contributed by atoms with Gasteiger partial charge in [-0.3, -0.25) is 0 Å². The fraction of sp³-hybridized carbons (Fsp3) is 0.182. The summed E-state index contributed by atoms with van der Waals surface area (Å²) in [5.74, 6) is 1.11. The molecule has 84 valence electrons. The van der Waals surface area contributed by atoms with Crippen LogP contribution in [0, 0.1) is 0 Å². The molecule has 0 spiro atoms. The lowest BCUT2D eigenvalue weighted by Gasteiger charge is -2.02. The van der Waals surface area contributed by atoms with Crippen LogP contribution in [0.15, 0.2) is 33.3 Å². The Hall–Kier alpha value is -0.510. The van der Waals surface area contributed by atoms with Crippen molar-refractivity contribution >= 4 is 39.1 Å². The largest absolute Gasteiger partial charge is 0.439 e. The van der Waals surface area contributed by atoms with E-state index in [2.05, 4.69) is 20.9 Å². The van der Waals surface area contributed by atoms with Crippen LogP contribution in [-0.4, -0.2) is 4.98 Å². The van der Waals surface area contributed by atoms with Crippen LogP contribution in [0.1, 0.15) is 18.2 Å². The van der Waals surface area contributed by atoms with Crippen molar-refractivity contribution in [2.75, 3.05) is 0 Å². The van der Waals surface area contributed by atoms with Gasteiger partial charge in [-0.1, -0.05) is 17.7 Å². The molecule has 0 fully saturated rings. The van der Waals surface area contributed by atoms with Crippen molar-refractivity contribution < 1.29 is 4.42 Å². The van der Waals surface area contributed by atoms with Gasteiger partial charge >= 0.3 is 0 Å². The molecule has 0 amide bonds. The third-order valence-corrected chi connectivity index (χ3v) is 3.56. The fourth-order valence-electron chi connectivity index (χ4n) is 1.29. The van der Waals surface area contributed by atoms with Gasteiger partial charge in [0.2, 0.25) is 5.89 Å². The van der Waals surface area contributed by atoms with Crippen LogP contribution in [-0.2, 0) is 0 Å². The molecule has 0 aliphatic carbocycles. The van der Waals surface area contributed by atoms with Crippen molar-refractivity contribution in [3.8, 4) is 11.3 Å². The van der Waals surface area contributed by atoms with Gasteiger partial charge in [0.25, 0.3) is 0 Å². The molecule has 1 heterocycles. The summed E-state index contributed by atoms with van der Waals surface area (Å²) in [7, 11) is 0. The van der Waals surface area contributed by atoms with Crippen LogP contribution in [0.5, 0.6) is 0 Å². The summed E-state index contributed by atoms with van der Waals surface area (Å²) in [6.45, 7) is 1.81. The Morgan fingerprint density at radius 2 is 2.19 bits per heavy atom. The Labute approximate surface area is 112 Å². The van der Waals surface area contributed by atoms with Crippen LogP contribution in [0.3, 0.4) is 0 Å². The lowest BCUT2D eigenvalue weighted by atomic mass is 10.2. The molecule has 2 nitrogen and oxygen atoms in total. The zero-order chi connectivity index (χ0) is 11.7. The molecule has 0 aliphatic rings. The minimum absolute atomic E-state index is 0.250. The van der Waals surface area contributed by atoms with Crippen molar-refractivity contribution in [3.63, 3.8) is 0 Å². The Bertz CT molecular complexity index is 510. The normalized spacial score (nSPS) is 12.8. The Morgan fingerprint density at radius 1 is 1.44 bits per heavy atom. The van der Waals surface area contributed by atoms with E-state index in [1.165, 1.54) is 0 Å². The van der Waals surface area contributed by atoms with Gasteiger partial charge in [0.05, 0.1) is 11.2 Å². The molecule has 0 radical (unpaired) electrons. The molecule has 0 N–H and O–H groups in total. The number of benzene rings is 1. The summed E-state index contributed by atoms with van der Waals surface area (Å²) in [5.41, 5.74) is 0.798. The SMILES string of the molecule is CC(Cl)c1ncc(-c2cccc(Br)c2Cl)o1. The molecule has 2 aromatic rings. The van der Waals surface area contributed by atoms with Gasteiger partial charge in [-0.05, 0) is 35.0 Å². The van der Waals surface area contributed by atoms with E-state index in [1.807, 2.05) is 18.2 Å². The van der Waals surface area contributed by atoms with Crippen LogP contribution < -0.4 is 0 Å². The van der Waals surface area contributed by atoms with Gasteiger partial charge in [0, 0.05) is 10.0 Å². The van der Waals surface area contributed by atoms with Crippen LogP contribution in [0.25, 0.3) is 11.3 Å². The number of oxazole rings is 1. The first kappa shape index (κ1) is 12.0. The molecule has 0 bridgehead atoms. The molecule has 1 aromatic heterocycles. The average Bonchev–Trinajstić information content (AvgIpc) is 2.71. The summed E-state index contributed by atoms with van der Waals surface area (Å²) in [6.07, 6.45) is 1.63. The maximum absolute atomic E-state index is 6.15. The number of alkyl halides is 1. The highest BCUT2D eigenvalue weighted by molar-refractivity contribution is 9.10. The zero-order valence-electron chi connectivity index (χ0n) is 8.38. The van der Waals surface area contributed by atoms with E-state index in [0.717, 1.165) is 10.0 Å². The van der Waals surface area contributed by atoms with Crippen LogP contribution >= 0.6 is 39.1 Å². The second kappa shape index (κ2) is 4.78. The molecular formula is C11H8BrCl2NO. The van der Waals surface area contributed by atoms with E-state index < -0.39 is 0 Å². The summed E-state index contributed by atoms with van der Waals surface area (Å²) in [6, 6.07) is 5.63. The van der Waals surface area contributed by atoms with Crippen molar-refractivity contribution in [2.24, 2.45) is 0 Å². The maximum Gasteiger partial charge on any atom is 0.212 e. The van der Waals surface area contributed by atoms with Gasteiger partial charge in [0.1, 0.15) is 5.38 Å². The lowest BCUT2D eigenvalue weighted by Crippen LogP contribution is -1.81. The minimum Gasteiger partial charge on any atom is -0.439 e. The standard InChI is InChI=1S/C11H8BrCl2NO/c1-6(13)11-15-5-9(16-11)7-3-2-4-8(12)10(7)14/h2-6H,1H3. The first-order valence-corrected chi connectivity index (χ1v) is 6.24. The molecule has 0 aliphatic heterocycles. The lowest BCUT2D eigenvalue weighted by molar-refractivity contribution is 0.508. The van der Waals surface area contributed by atoms with Crippen LogP contribution in [0.2, 0.25) is 5.02 Å². The molecule has 2 rings (SSSR count). The Kier molecular flexibility index (Phi) is 3.57. The second-order valence-corrected chi connectivity index (χ2v) is 5.17. The second-order valence-electron chi connectivity index (χ2n) is 3.28. The van der Waals surface area contributed by atoms with Crippen LogP contribution in [0.4, 0.5) is 0 Å². The first-order valence-electron chi connectivity index (χ1n) is 4.63. The highest BCUT2D eigenvalue weighted by Gasteiger charge is 2.13. The average molecular weight is 321 g/mol. The van der Waals surface area contributed by atoms with E-state index in [0.29, 0.717) is 16.7 Å². The molecule has 1 unspecified atom stereocenters. The van der Waals surface area contributed by atoms with Gasteiger partial charge in [0.15, 0.2) is 5.76 Å². The number of hydrogen-bond donors (Lipinski definition) is 0. The van der Waals surface area contributed by atoms with Crippen molar-refractivity contribution in [2.45, 2.75) is 12.3 Å². The quantitative estimate of drug-likeness (QED) is 0.723. The summed E-state index contributed by atoms with van der Waals surface area (Å²) < 4.78 is 6.34. The molecule has 5 heteroatoms. The topological polar surface area (TPSA) is 26.0 Å². The Balaban J connectivity index is 2.47. The first-order chi connectivity index (χ1) is 7.59. The smallest absolute Gasteiger partial charge is 0.212 e. The van der Waals surface area contributed by atoms with E-state index in [4.69, 9.17) is 27.6 Å². The number of aromatic nitrogens is 1. The summed E-state index contributed by atoms with van der Waals surface area (Å²) in [4.78, 5) is 4.09. The summed E-state index contributed by atoms with van der Waals surface area (Å²) in [5, 5.41) is 0.354. The molecule has 0 saturated carbocycles. The summed E-state index contributed by atoms with van der Waals surface area (Å²) >= 11 is 15.4. The van der Waals surface area contributed by atoms with E-state index in [1.54, 1.807) is 13.1 Å².